The highest BCUT2D eigenvalue weighted by Gasteiger charge is 2.41. The van der Waals surface area contributed by atoms with Crippen molar-refractivity contribution < 1.29 is 19.1 Å². The van der Waals surface area contributed by atoms with E-state index in [0.717, 1.165) is 35.1 Å². The van der Waals surface area contributed by atoms with Crippen molar-refractivity contribution in [1.82, 2.24) is 14.7 Å². The maximum atomic E-state index is 13.5. The van der Waals surface area contributed by atoms with E-state index >= 15 is 0 Å². The molecule has 0 radical (unpaired) electrons. The van der Waals surface area contributed by atoms with E-state index in [0.29, 0.717) is 19.5 Å². The summed E-state index contributed by atoms with van der Waals surface area (Å²) in [5, 5.41) is 0. The summed E-state index contributed by atoms with van der Waals surface area (Å²) in [7, 11) is 3.33. The van der Waals surface area contributed by atoms with Crippen molar-refractivity contribution in [2.24, 2.45) is 0 Å². The summed E-state index contributed by atoms with van der Waals surface area (Å²) in [5.41, 5.74) is 4.15. The highest BCUT2D eigenvalue weighted by Crippen LogP contribution is 2.25. The number of methoxy groups -OCH3 is 1. The zero-order valence-electron chi connectivity index (χ0n) is 24.3. The van der Waals surface area contributed by atoms with Crippen LogP contribution in [-0.4, -0.2) is 71.9 Å². The van der Waals surface area contributed by atoms with Crippen molar-refractivity contribution in [3.63, 3.8) is 0 Å². The summed E-state index contributed by atoms with van der Waals surface area (Å²) >= 11 is 0. The number of hydrogen-bond donors (Lipinski definition) is 0. The van der Waals surface area contributed by atoms with Gasteiger partial charge in [-0.15, -0.1) is 0 Å². The Kier molecular flexibility index (Phi) is 11.5. The molecule has 39 heavy (non-hydrogen) atoms. The van der Waals surface area contributed by atoms with Gasteiger partial charge in [0.2, 0.25) is 17.7 Å². The Labute approximate surface area is 234 Å². The molecule has 3 amide bonds. The normalized spacial score (nSPS) is 17.6. The van der Waals surface area contributed by atoms with Crippen LogP contribution in [0.15, 0.2) is 48.5 Å². The first-order chi connectivity index (χ1) is 18.8. The number of benzene rings is 2. The number of amides is 3. The Bertz CT molecular complexity index is 1100. The molecule has 2 atom stereocenters. The maximum Gasteiger partial charge on any atom is 0.246 e. The van der Waals surface area contributed by atoms with Crippen molar-refractivity contribution in [3.05, 3.63) is 59.7 Å². The van der Waals surface area contributed by atoms with Crippen LogP contribution in [0.2, 0.25) is 0 Å². The van der Waals surface area contributed by atoms with Gasteiger partial charge in [0.05, 0.1) is 0 Å². The summed E-state index contributed by atoms with van der Waals surface area (Å²) in [6, 6.07) is 15.4. The maximum absolute atomic E-state index is 13.5. The van der Waals surface area contributed by atoms with Crippen LogP contribution in [0, 0.1) is 0 Å². The van der Waals surface area contributed by atoms with E-state index in [-0.39, 0.29) is 24.5 Å². The molecule has 0 saturated carbocycles. The van der Waals surface area contributed by atoms with Crippen molar-refractivity contribution in [2.75, 3.05) is 27.4 Å². The molecule has 0 unspecified atom stereocenters. The topological polar surface area (TPSA) is 70.2 Å². The molecule has 0 N–H and O–H groups in total. The fourth-order valence-electron chi connectivity index (χ4n) is 5.25. The molecule has 212 valence electrons. The number of nitrogens with zero attached hydrogens (tertiary/aromatic N) is 3. The van der Waals surface area contributed by atoms with Crippen LogP contribution in [0.3, 0.4) is 0 Å². The molecule has 3 rings (SSSR count). The third-order valence-electron chi connectivity index (χ3n) is 7.71. The van der Waals surface area contributed by atoms with Crippen LogP contribution in [-0.2, 0) is 32.1 Å². The smallest absolute Gasteiger partial charge is 0.246 e. The third-order valence-corrected chi connectivity index (χ3v) is 7.71. The van der Waals surface area contributed by atoms with Gasteiger partial charge in [0.15, 0.2) is 0 Å². The van der Waals surface area contributed by atoms with E-state index in [9.17, 15) is 14.4 Å². The van der Waals surface area contributed by atoms with Gasteiger partial charge >= 0.3 is 0 Å². The second kappa shape index (κ2) is 14.8. The molecular formula is C32H45N3O4. The highest BCUT2D eigenvalue weighted by molar-refractivity contribution is 5.96. The summed E-state index contributed by atoms with van der Waals surface area (Å²) in [6.07, 6.45) is 7.40. The Balaban J connectivity index is 1.66. The number of piperazine rings is 1. The van der Waals surface area contributed by atoms with Crippen molar-refractivity contribution >= 4 is 17.7 Å². The van der Waals surface area contributed by atoms with Gasteiger partial charge in [0.25, 0.3) is 0 Å². The molecule has 0 aliphatic carbocycles. The molecule has 0 bridgehead atoms. The largest absolute Gasteiger partial charge is 0.364 e. The molecule has 0 aromatic heterocycles. The number of carbonyl (C=O) groups is 3. The van der Waals surface area contributed by atoms with Gasteiger partial charge in [0, 0.05) is 40.6 Å². The van der Waals surface area contributed by atoms with Gasteiger partial charge in [-0.3, -0.25) is 14.4 Å². The van der Waals surface area contributed by atoms with Gasteiger partial charge in [-0.25, -0.2) is 0 Å². The highest BCUT2D eigenvalue weighted by atomic mass is 16.5. The first-order valence-electron chi connectivity index (χ1n) is 14.3. The number of unbranched alkanes of at least 4 members (excludes halogenated alkanes) is 5. The molecule has 1 heterocycles. The molecule has 2 aromatic carbocycles. The molecule has 1 saturated heterocycles. The van der Waals surface area contributed by atoms with E-state index in [1.165, 1.54) is 32.6 Å². The minimum absolute atomic E-state index is 0.00657. The Morgan fingerprint density at radius 1 is 0.923 bits per heavy atom. The molecular weight excluding hydrogens is 490 g/mol. The molecule has 0 spiro atoms. The van der Waals surface area contributed by atoms with E-state index in [1.54, 1.807) is 28.9 Å². The fraction of sp³-hybridized carbons (Fsp3) is 0.531. The Morgan fingerprint density at radius 3 is 2.28 bits per heavy atom. The molecule has 1 fully saturated rings. The number of carbonyl (C=O) groups excluding carboxylic acids is 3. The zero-order chi connectivity index (χ0) is 28.4. The number of ether oxygens (including phenoxy) is 1. The van der Waals surface area contributed by atoms with Crippen LogP contribution in [0.4, 0.5) is 0 Å². The fourth-order valence-corrected chi connectivity index (χ4v) is 5.25. The summed E-state index contributed by atoms with van der Waals surface area (Å²) < 4.78 is 5.15. The molecule has 7 nitrogen and oxygen atoms in total. The van der Waals surface area contributed by atoms with Gasteiger partial charge in [0.1, 0.15) is 18.8 Å². The predicted octanol–water partition coefficient (Wildman–Crippen LogP) is 5.27. The lowest BCUT2D eigenvalue weighted by Gasteiger charge is -2.42. The Morgan fingerprint density at radius 2 is 1.62 bits per heavy atom. The van der Waals surface area contributed by atoms with E-state index < -0.39 is 12.1 Å². The van der Waals surface area contributed by atoms with Crippen molar-refractivity contribution in [3.8, 4) is 11.1 Å². The SMILES string of the molecule is CCCCCCCCN1C(=O)[C@H](Cc2ccc(-c3cccc(CN(COC)C(C)=O)c3)cc2)N(C)C(=O)[C@@H]1C. The summed E-state index contributed by atoms with van der Waals surface area (Å²) in [4.78, 5) is 43.4. The molecule has 1 aliphatic rings. The lowest BCUT2D eigenvalue weighted by Crippen LogP contribution is -2.63. The zero-order valence-corrected chi connectivity index (χ0v) is 24.3. The van der Waals surface area contributed by atoms with Gasteiger partial charge in [-0.05, 0) is 41.7 Å². The van der Waals surface area contributed by atoms with Gasteiger partial charge < -0.3 is 19.4 Å². The quantitative estimate of drug-likeness (QED) is 0.244. The Hall–Kier alpha value is -3.19. The van der Waals surface area contributed by atoms with Crippen LogP contribution in [0.25, 0.3) is 11.1 Å². The minimum Gasteiger partial charge on any atom is -0.364 e. The summed E-state index contributed by atoms with van der Waals surface area (Å²) in [6.45, 7) is 6.96. The van der Waals surface area contributed by atoms with E-state index in [4.69, 9.17) is 4.74 Å². The number of rotatable bonds is 14. The summed E-state index contributed by atoms with van der Waals surface area (Å²) in [5.74, 6) is 0.0142. The molecule has 1 aliphatic heterocycles. The number of hydrogen-bond acceptors (Lipinski definition) is 4. The van der Waals surface area contributed by atoms with Gasteiger partial charge in [-0.2, -0.15) is 0 Å². The van der Waals surface area contributed by atoms with Crippen LogP contribution >= 0.6 is 0 Å². The molecule has 2 aromatic rings. The lowest BCUT2D eigenvalue weighted by atomic mass is 9.96. The van der Waals surface area contributed by atoms with Crippen LogP contribution in [0.1, 0.15) is 70.4 Å². The van der Waals surface area contributed by atoms with E-state index in [2.05, 4.69) is 25.1 Å². The predicted molar refractivity (Wildman–Crippen MR) is 155 cm³/mol. The first kappa shape index (κ1) is 30.4. The second-order valence-corrected chi connectivity index (χ2v) is 10.7. The second-order valence-electron chi connectivity index (χ2n) is 10.7. The average Bonchev–Trinajstić information content (AvgIpc) is 2.93. The standard InChI is InChI=1S/C32H45N3O4/c1-6-7-8-9-10-11-19-35-24(2)31(37)33(4)30(32(35)38)21-26-15-17-28(18-16-26)29-14-12-13-27(20-29)22-34(23-39-5)25(3)36/h12-18,20,24,30H,6-11,19,21-23H2,1-5H3/t24-,30-/m0/s1. The third kappa shape index (κ3) is 8.15. The van der Waals surface area contributed by atoms with E-state index in [1.807, 2.05) is 37.3 Å². The lowest BCUT2D eigenvalue weighted by molar-refractivity contribution is -0.159. The average molecular weight is 536 g/mol. The van der Waals surface area contributed by atoms with Crippen LogP contribution in [0.5, 0.6) is 0 Å². The molecule has 7 heteroatoms. The van der Waals surface area contributed by atoms with Crippen molar-refractivity contribution in [2.45, 2.75) is 84.3 Å². The minimum atomic E-state index is -0.485. The first-order valence-corrected chi connectivity index (χ1v) is 14.3. The monoisotopic (exact) mass is 535 g/mol. The number of likely N-dealkylation sites (N-methyl/N-ethyl adjacent to an activating group) is 1. The van der Waals surface area contributed by atoms with Crippen LogP contribution < -0.4 is 0 Å². The van der Waals surface area contributed by atoms with Crippen molar-refractivity contribution in [1.29, 1.82) is 0 Å². The van der Waals surface area contributed by atoms with Gasteiger partial charge in [-0.1, -0.05) is 81.5 Å².